The van der Waals surface area contributed by atoms with Gasteiger partial charge in [0.25, 0.3) is 12.0 Å². The van der Waals surface area contributed by atoms with Crippen molar-refractivity contribution in [1.29, 1.82) is 0 Å². The number of anilines is 2. The van der Waals surface area contributed by atoms with E-state index in [1.165, 1.54) is 12.3 Å². The summed E-state index contributed by atoms with van der Waals surface area (Å²) >= 11 is 0. The molecule has 1 aliphatic heterocycles. The standard InChI is InChI=1S/C17H19F2N7O/c1-12-8-14-17(20-2-3-25(14)22-12)24-6-4-23(5-7-24)13-9-16(27)26(21-10-13)11-15(18)19/h2-3,8-10,15H,4-7,11H2,1H3. The molecule has 0 atom stereocenters. The molecule has 0 radical (unpaired) electrons. The number of alkyl halides is 2. The monoisotopic (exact) mass is 375 g/mol. The van der Waals surface area contributed by atoms with Gasteiger partial charge in [-0.1, -0.05) is 0 Å². The molecule has 4 heterocycles. The Labute approximate surface area is 153 Å². The van der Waals surface area contributed by atoms with Crippen molar-refractivity contribution >= 4 is 17.0 Å². The van der Waals surface area contributed by atoms with Crippen molar-refractivity contribution < 1.29 is 8.78 Å². The fourth-order valence-corrected chi connectivity index (χ4v) is 3.32. The first-order chi connectivity index (χ1) is 13.0. The van der Waals surface area contributed by atoms with E-state index in [0.717, 1.165) is 34.8 Å². The van der Waals surface area contributed by atoms with Gasteiger partial charge in [0.2, 0.25) is 0 Å². The summed E-state index contributed by atoms with van der Waals surface area (Å²) in [5.74, 6) is 0.878. The van der Waals surface area contributed by atoms with E-state index in [-0.39, 0.29) is 0 Å². The van der Waals surface area contributed by atoms with Gasteiger partial charge < -0.3 is 9.80 Å². The Kier molecular flexibility index (Phi) is 4.46. The van der Waals surface area contributed by atoms with Gasteiger partial charge in [-0.25, -0.2) is 23.0 Å². The third kappa shape index (κ3) is 3.46. The zero-order valence-corrected chi connectivity index (χ0v) is 14.8. The van der Waals surface area contributed by atoms with Crippen LogP contribution in [0.15, 0.2) is 35.5 Å². The lowest BCUT2D eigenvalue weighted by molar-refractivity contribution is 0.119. The first-order valence-corrected chi connectivity index (χ1v) is 8.67. The Morgan fingerprint density at radius 2 is 1.89 bits per heavy atom. The van der Waals surface area contributed by atoms with E-state index in [9.17, 15) is 13.6 Å². The first kappa shape index (κ1) is 17.4. The van der Waals surface area contributed by atoms with Gasteiger partial charge in [0.1, 0.15) is 12.1 Å². The van der Waals surface area contributed by atoms with Crippen LogP contribution in [-0.4, -0.2) is 57.0 Å². The lowest BCUT2D eigenvalue weighted by Gasteiger charge is -2.36. The molecule has 3 aromatic heterocycles. The van der Waals surface area contributed by atoms with Gasteiger partial charge in [0.15, 0.2) is 5.82 Å². The molecule has 142 valence electrons. The molecule has 0 aliphatic carbocycles. The van der Waals surface area contributed by atoms with Gasteiger partial charge in [-0.05, 0) is 13.0 Å². The highest BCUT2D eigenvalue weighted by Crippen LogP contribution is 2.22. The Balaban J connectivity index is 1.49. The molecule has 4 rings (SSSR count). The Morgan fingerprint density at radius 3 is 2.59 bits per heavy atom. The molecule has 0 aromatic carbocycles. The number of hydrogen-bond donors (Lipinski definition) is 0. The molecule has 27 heavy (non-hydrogen) atoms. The maximum absolute atomic E-state index is 12.4. The average Bonchev–Trinajstić information content (AvgIpc) is 3.03. The molecule has 1 saturated heterocycles. The summed E-state index contributed by atoms with van der Waals surface area (Å²) in [6.45, 7) is 4.05. The van der Waals surface area contributed by atoms with E-state index in [4.69, 9.17) is 0 Å². The molecule has 0 unspecified atom stereocenters. The second-order valence-electron chi connectivity index (χ2n) is 6.47. The normalized spacial score (nSPS) is 15.1. The highest BCUT2D eigenvalue weighted by Gasteiger charge is 2.21. The summed E-state index contributed by atoms with van der Waals surface area (Å²) in [5.41, 5.74) is 2.02. The number of aromatic nitrogens is 5. The Bertz CT molecular complexity index is 1010. The van der Waals surface area contributed by atoms with Crippen LogP contribution >= 0.6 is 0 Å². The number of rotatable bonds is 4. The lowest BCUT2D eigenvalue weighted by Crippen LogP contribution is -2.47. The van der Waals surface area contributed by atoms with Crippen molar-refractivity contribution in [2.45, 2.75) is 19.9 Å². The van der Waals surface area contributed by atoms with Crippen LogP contribution in [0.2, 0.25) is 0 Å². The highest BCUT2D eigenvalue weighted by molar-refractivity contribution is 5.69. The summed E-state index contributed by atoms with van der Waals surface area (Å²) < 4.78 is 27.5. The quantitative estimate of drug-likeness (QED) is 0.682. The maximum atomic E-state index is 12.4. The van der Waals surface area contributed by atoms with E-state index in [2.05, 4.69) is 20.1 Å². The van der Waals surface area contributed by atoms with Crippen LogP contribution in [0.1, 0.15) is 5.69 Å². The zero-order valence-electron chi connectivity index (χ0n) is 14.8. The largest absolute Gasteiger partial charge is 0.367 e. The summed E-state index contributed by atoms with van der Waals surface area (Å²) in [6, 6.07) is 3.37. The highest BCUT2D eigenvalue weighted by atomic mass is 19.3. The van der Waals surface area contributed by atoms with Crippen molar-refractivity contribution in [3.63, 3.8) is 0 Å². The minimum Gasteiger partial charge on any atom is -0.367 e. The van der Waals surface area contributed by atoms with Gasteiger partial charge >= 0.3 is 0 Å². The number of hydrogen-bond acceptors (Lipinski definition) is 6. The van der Waals surface area contributed by atoms with Crippen molar-refractivity contribution in [2.75, 3.05) is 36.0 Å². The fraction of sp³-hybridized carbons (Fsp3) is 0.412. The smallest absolute Gasteiger partial charge is 0.269 e. The van der Waals surface area contributed by atoms with Crippen LogP contribution in [0.25, 0.3) is 5.52 Å². The van der Waals surface area contributed by atoms with Crippen LogP contribution < -0.4 is 15.4 Å². The second-order valence-corrected chi connectivity index (χ2v) is 6.47. The summed E-state index contributed by atoms with van der Waals surface area (Å²) in [6.07, 6.45) is 2.42. The second kappa shape index (κ2) is 6.93. The number of nitrogens with zero attached hydrogens (tertiary/aromatic N) is 7. The first-order valence-electron chi connectivity index (χ1n) is 8.67. The molecule has 0 N–H and O–H groups in total. The molecule has 0 amide bonds. The number of halogens is 2. The fourth-order valence-electron chi connectivity index (χ4n) is 3.32. The molecule has 8 nitrogen and oxygen atoms in total. The molecule has 1 aliphatic rings. The van der Waals surface area contributed by atoms with Crippen LogP contribution in [0.3, 0.4) is 0 Å². The summed E-state index contributed by atoms with van der Waals surface area (Å²) in [5, 5.41) is 8.27. The molecule has 10 heteroatoms. The number of piperazine rings is 1. The SMILES string of the molecule is Cc1cc2c(N3CCN(c4cnn(CC(F)F)c(=O)c4)CC3)nccn2n1. The van der Waals surface area contributed by atoms with E-state index in [1.807, 2.05) is 28.6 Å². The van der Waals surface area contributed by atoms with Gasteiger partial charge in [0, 0.05) is 44.6 Å². The predicted octanol–water partition coefficient (Wildman–Crippen LogP) is 1.19. The molecular weight excluding hydrogens is 356 g/mol. The van der Waals surface area contributed by atoms with E-state index < -0.39 is 18.5 Å². The number of aryl methyl sites for hydroxylation is 1. The zero-order chi connectivity index (χ0) is 19.0. The molecule has 0 bridgehead atoms. The topological polar surface area (TPSA) is 71.6 Å². The minimum absolute atomic E-state index is 0.517. The van der Waals surface area contributed by atoms with Crippen LogP contribution in [-0.2, 0) is 6.54 Å². The van der Waals surface area contributed by atoms with Crippen LogP contribution in [0.4, 0.5) is 20.3 Å². The van der Waals surface area contributed by atoms with Gasteiger partial charge in [-0.2, -0.15) is 10.2 Å². The molecule has 3 aromatic rings. The number of fused-ring (bicyclic) bond motifs is 1. The van der Waals surface area contributed by atoms with Crippen LogP contribution in [0, 0.1) is 6.92 Å². The van der Waals surface area contributed by atoms with Gasteiger partial charge in [-0.15, -0.1) is 0 Å². The van der Waals surface area contributed by atoms with E-state index in [1.54, 1.807) is 6.20 Å². The maximum Gasteiger partial charge on any atom is 0.269 e. The predicted molar refractivity (Wildman–Crippen MR) is 96.7 cm³/mol. The third-order valence-electron chi connectivity index (χ3n) is 4.60. The Morgan fingerprint density at radius 1 is 1.15 bits per heavy atom. The van der Waals surface area contributed by atoms with Crippen molar-refractivity contribution in [1.82, 2.24) is 24.4 Å². The Hall–Kier alpha value is -3.04. The van der Waals surface area contributed by atoms with Crippen molar-refractivity contribution in [2.24, 2.45) is 0 Å². The van der Waals surface area contributed by atoms with Gasteiger partial charge in [0.05, 0.1) is 17.6 Å². The molecule has 0 spiro atoms. The van der Waals surface area contributed by atoms with Crippen LogP contribution in [0.5, 0.6) is 0 Å². The summed E-state index contributed by atoms with van der Waals surface area (Å²) in [4.78, 5) is 20.7. The van der Waals surface area contributed by atoms with E-state index >= 15 is 0 Å². The lowest BCUT2D eigenvalue weighted by atomic mass is 10.2. The van der Waals surface area contributed by atoms with Crippen molar-refractivity contribution in [3.8, 4) is 0 Å². The van der Waals surface area contributed by atoms with E-state index in [0.29, 0.717) is 18.8 Å². The molecule has 1 fully saturated rings. The third-order valence-corrected chi connectivity index (χ3v) is 4.60. The average molecular weight is 375 g/mol. The van der Waals surface area contributed by atoms with Gasteiger partial charge in [-0.3, -0.25) is 4.79 Å². The minimum atomic E-state index is -2.60. The molecular formula is C17H19F2N7O. The molecule has 0 saturated carbocycles. The summed E-state index contributed by atoms with van der Waals surface area (Å²) in [7, 11) is 0. The van der Waals surface area contributed by atoms with Crippen molar-refractivity contribution in [3.05, 3.63) is 46.8 Å².